The number of anilines is 1. The summed E-state index contributed by atoms with van der Waals surface area (Å²) in [5, 5.41) is 6.82. The van der Waals surface area contributed by atoms with Gasteiger partial charge in [-0.3, -0.25) is 4.90 Å². The summed E-state index contributed by atoms with van der Waals surface area (Å²) in [5.41, 5.74) is 1.13. The van der Waals surface area contributed by atoms with Crippen molar-refractivity contribution >= 4 is 35.8 Å². The highest BCUT2D eigenvalue weighted by Crippen LogP contribution is 2.14. The average molecular weight is 531 g/mol. The van der Waals surface area contributed by atoms with Gasteiger partial charge in [0, 0.05) is 64.6 Å². The molecule has 30 heavy (non-hydrogen) atoms. The van der Waals surface area contributed by atoms with Crippen LogP contribution in [0.2, 0.25) is 0 Å². The van der Waals surface area contributed by atoms with Crippen LogP contribution in [0.15, 0.2) is 23.3 Å². The van der Waals surface area contributed by atoms with E-state index in [2.05, 4.69) is 63.3 Å². The largest absolute Gasteiger partial charge is 0.379 e. The number of likely N-dealkylation sites (N-methyl/N-ethyl adjacent to an activating group) is 1. The van der Waals surface area contributed by atoms with E-state index in [9.17, 15) is 0 Å². The summed E-state index contributed by atoms with van der Waals surface area (Å²) in [6.45, 7) is 14.6. The van der Waals surface area contributed by atoms with E-state index < -0.39 is 0 Å². The third kappa shape index (κ3) is 7.82. The van der Waals surface area contributed by atoms with E-state index in [1.807, 2.05) is 6.20 Å². The molecular formula is C21H38IN7O. The number of piperazine rings is 1. The van der Waals surface area contributed by atoms with Crippen molar-refractivity contribution in [2.75, 3.05) is 77.5 Å². The third-order valence-electron chi connectivity index (χ3n) is 5.63. The van der Waals surface area contributed by atoms with Crippen molar-refractivity contribution < 1.29 is 4.74 Å². The Morgan fingerprint density at radius 3 is 2.50 bits per heavy atom. The zero-order valence-corrected chi connectivity index (χ0v) is 21.0. The Bertz CT molecular complexity index is 629. The van der Waals surface area contributed by atoms with Gasteiger partial charge in [-0.2, -0.15) is 0 Å². The zero-order chi connectivity index (χ0) is 20.5. The first-order chi connectivity index (χ1) is 14.2. The quantitative estimate of drug-likeness (QED) is 0.312. The van der Waals surface area contributed by atoms with Crippen LogP contribution in [0.4, 0.5) is 5.82 Å². The van der Waals surface area contributed by atoms with E-state index in [0.717, 1.165) is 82.9 Å². The van der Waals surface area contributed by atoms with Gasteiger partial charge in [0.15, 0.2) is 5.96 Å². The van der Waals surface area contributed by atoms with E-state index in [0.29, 0.717) is 12.6 Å². The standard InChI is InChI=1S/C21H37N7O.HI/c1-4-22-21(24-15-18(2)27-11-13-29-14-12-27)25-17-19-5-6-20(23-16-19)28-9-7-26(3)8-10-28;/h5-6,16,18H,4,7-15,17H2,1-3H3,(H2,22,24,25);1H. The molecule has 2 aliphatic heterocycles. The van der Waals surface area contributed by atoms with Gasteiger partial charge in [0.25, 0.3) is 0 Å². The normalized spacial score (nSPS) is 19.8. The second kappa shape index (κ2) is 13.3. The van der Waals surface area contributed by atoms with Crippen molar-refractivity contribution in [2.24, 2.45) is 4.99 Å². The lowest BCUT2D eigenvalue weighted by Crippen LogP contribution is -2.49. The lowest BCUT2D eigenvalue weighted by molar-refractivity contribution is 0.0211. The predicted octanol–water partition coefficient (Wildman–Crippen LogP) is 1.23. The Balaban J connectivity index is 0.00000320. The topological polar surface area (TPSA) is 68.3 Å². The number of morpholine rings is 1. The molecule has 0 bridgehead atoms. The molecule has 1 atom stereocenters. The Labute approximate surface area is 198 Å². The number of nitrogens with one attached hydrogen (secondary N) is 2. The Kier molecular flexibility index (Phi) is 11.1. The van der Waals surface area contributed by atoms with E-state index in [1.165, 1.54) is 0 Å². The highest BCUT2D eigenvalue weighted by atomic mass is 127. The van der Waals surface area contributed by atoms with Crippen molar-refractivity contribution in [2.45, 2.75) is 26.4 Å². The van der Waals surface area contributed by atoms with E-state index in [4.69, 9.17) is 9.73 Å². The Hall–Kier alpha value is -1.17. The molecule has 0 spiro atoms. The van der Waals surface area contributed by atoms with E-state index in [-0.39, 0.29) is 24.0 Å². The molecule has 1 unspecified atom stereocenters. The summed E-state index contributed by atoms with van der Waals surface area (Å²) in [4.78, 5) is 16.6. The molecule has 3 rings (SSSR count). The van der Waals surface area contributed by atoms with Gasteiger partial charge >= 0.3 is 0 Å². The summed E-state index contributed by atoms with van der Waals surface area (Å²) in [6, 6.07) is 4.72. The van der Waals surface area contributed by atoms with Crippen molar-refractivity contribution in [1.82, 2.24) is 25.4 Å². The monoisotopic (exact) mass is 531 g/mol. The second-order valence-electron chi connectivity index (χ2n) is 7.89. The van der Waals surface area contributed by atoms with Crippen LogP contribution in [0.3, 0.4) is 0 Å². The molecule has 9 heteroatoms. The molecule has 2 saturated heterocycles. The van der Waals surface area contributed by atoms with Gasteiger partial charge in [-0.05, 0) is 32.5 Å². The minimum absolute atomic E-state index is 0. The molecule has 3 heterocycles. The first kappa shape index (κ1) is 25.1. The van der Waals surface area contributed by atoms with Crippen LogP contribution in [0.5, 0.6) is 0 Å². The number of halogens is 1. The number of guanidine groups is 1. The van der Waals surface area contributed by atoms with Gasteiger partial charge in [-0.25, -0.2) is 9.98 Å². The fourth-order valence-electron chi connectivity index (χ4n) is 3.64. The maximum atomic E-state index is 5.44. The molecule has 2 fully saturated rings. The van der Waals surface area contributed by atoms with Crippen LogP contribution in [0, 0.1) is 0 Å². The molecule has 170 valence electrons. The summed E-state index contributed by atoms with van der Waals surface area (Å²) in [7, 11) is 2.17. The minimum Gasteiger partial charge on any atom is -0.379 e. The Morgan fingerprint density at radius 2 is 1.87 bits per heavy atom. The number of pyridine rings is 1. The van der Waals surface area contributed by atoms with Crippen LogP contribution >= 0.6 is 24.0 Å². The molecule has 0 radical (unpaired) electrons. The summed E-state index contributed by atoms with van der Waals surface area (Å²) in [5.74, 6) is 1.92. The molecule has 0 aromatic carbocycles. The smallest absolute Gasteiger partial charge is 0.191 e. The molecule has 1 aromatic rings. The van der Waals surface area contributed by atoms with Gasteiger partial charge in [-0.1, -0.05) is 6.07 Å². The van der Waals surface area contributed by atoms with Crippen LogP contribution in [0.25, 0.3) is 0 Å². The molecule has 0 saturated carbocycles. The lowest BCUT2D eigenvalue weighted by Gasteiger charge is -2.33. The second-order valence-corrected chi connectivity index (χ2v) is 7.89. The number of rotatable bonds is 7. The summed E-state index contributed by atoms with van der Waals surface area (Å²) < 4.78 is 5.44. The van der Waals surface area contributed by atoms with Gasteiger partial charge in [0.2, 0.25) is 0 Å². The predicted molar refractivity (Wildman–Crippen MR) is 134 cm³/mol. The van der Waals surface area contributed by atoms with Crippen molar-refractivity contribution in [3.63, 3.8) is 0 Å². The summed E-state index contributed by atoms with van der Waals surface area (Å²) >= 11 is 0. The van der Waals surface area contributed by atoms with E-state index >= 15 is 0 Å². The van der Waals surface area contributed by atoms with Gasteiger partial charge in [-0.15, -0.1) is 24.0 Å². The average Bonchev–Trinajstić information content (AvgIpc) is 2.77. The number of aromatic nitrogens is 1. The minimum atomic E-state index is 0. The highest BCUT2D eigenvalue weighted by Gasteiger charge is 2.17. The van der Waals surface area contributed by atoms with Crippen LogP contribution in [-0.4, -0.2) is 99.4 Å². The van der Waals surface area contributed by atoms with Crippen LogP contribution < -0.4 is 15.5 Å². The maximum Gasteiger partial charge on any atom is 0.191 e. The Morgan fingerprint density at radius 1 is 1.13 bits per heavy atom. The fraction of sp³-hybridized carbons (Fsp3) is 0.714. The van der Waals surface area contributed by atoms with Crippen LogP contribution in [0.1, 0.15) is 19.4 Å². The number of nitrogens with zero attached hydrogens (tertiary/aromatic N) is 5. The van der Waals surface area contributed by atoms with Crippen molar-refractivity contribution in [3.8, 4) is 0 Å². The molecule has 0 amide bonds. The van der Waals surface area contributed by atoms with Crippen molar-refractivity contribution in [3.05, 3.63) is 23.9 Å². The van der Waals surface area contributed by atoms with Gasteiger partial charge in [0.05, 0.1) is 19.8 Å². The number of hydrogen-bond donors (Lipinski definition) is 2. The number of ether oxygens (including phenoxy) is 1. The first-order valence-electron chi connectivity index (χ1n) is 10.9. The van der Waals surface area contributed by atoms with E-state index in [1.54, 1.807) is 0 Å². The first-order valence-corrected chi connectivity index (χ1v) is 10.9. The molecule has 0 aliphatic carbocycles. The van der Waals surface area contributed by atoms with Crippen molar-refractivity contribution in [1.29, 1.82) is 0 Å². The molecule has 8 nitrogen and oxygen atoms in total. The molecular weight excluding hydrogens is 493 g/mol. The molecule has 1 aromatic heterocycles. The number of aliphatic imine (C=N–C) groups is 1. The van der Waals surface area contributed by atoms with Gasteiger partial charge in [0.1, 0.15) is 5.82 Å². The van der Waals surface area contributed by atoms with Crippen LogP contribution in [-0.2, 0) is 11.3 Å². The zero-order valence-electron chi connectivity index (χ0n) is 18.6. The molecule has 2 aliphatic rings. The lowest BCUT2D eigenvalue weighted by atomic mass is 10.2. The SMILES string of the molecule is CCNC(=NCc1ccc(N2CCN(C)CC2)nc1)NCC(C)N1CCOCC1.I. The fourth-order valence-corrected chi connectivity index (χ4v) is 3.64. The third-order valence-corrected chi connectivity index (χ3v) is 5.63. The van der Waals surface area contributed by atoms with Gasteiger partial charge < -0.3 is 25.2 Å². The number of hydrogen-bond acceptors (Lipinski definition) is 6. The summed E-state index contributed by atoms with van der Waals surface area (Å²) in [6.07, 6.45) is 1.96. The highest BCUT2D eigenvalue weighted by molar-refractivity contribution is 14.0. The molecule has 2 N–H and O–H groups in total. The maximum absolute atomic E-state index is 5.44.